The fourth-order valence-corrected chi connectivity index (χ4v) is 0.502. The highest BCUT2D eigenvalue weighted by atomic mass is 16.6. The summed E-state index contributed by atoms with van der Waals surface area (Å²) in [6, 6.07) is 0. The van der Waals surface area contributed by atoms with Gasteiger partial charge in [-0.1, -0.05) is 0 Å². The highest BCUT2D eigenvalue weighted by Gasteiger charge is 2.05. The third kappa shape index (κ3) is 0.992. The molecule has 0 atom stereocenters. The molecule has 1 N–H and O–H groups in total. The van der Waals surface area contributed by atoms with Crippen LogP contribution in [0, 0.1) is 0 Å². The number of carbonyl (C=O) groups is 1. The van der Waals surface area contributed by atoms with E-state index in [1.807, 2.05) is 0 Å². The highest BCUT2D eigenvalue weighted by molar-refractivity contribution is 5.69. The van der Waals surface area contributed by atoms with Crippen LogP contribution in [0.2, 0.25) is 0 Å². The molecule has 0 aromatic heterocycles. The van der Waals surface area contributed by atoms with Crippen LogP contribution in [0.3, 0.4) is 0 Å². The Hall–Kier alpha value is -0.990. The molecule has 0 aromatic rings. The number of allylic oxidation sites excluding steroid dienone is 1. The largest absolute Gasteiger partial charge is 0.415 e. The van der Waals surface area contributed by atoms with Crippen LogP contribution in [0.4, 0.5) is 4.79 Å². The van der Waals surface area contributed by atoms with Gasteiger partial charge >= 0.3 is 6.09 Å². The van der Waals surface area contributed by atoms with Crippen LogP contribution in [0.1, 0.15) is 6.92 Å². The van der Waals surface area contributed by atoms with Crippen molar-refractivity contribution in [2.45, 2.75) is 6.92 Å². The molecule has 3 heteroatoms. The molecule has 0 bridgehead atoms. The highest BCUT2D eigenvalue weighted by Crippen LogP contribution is 1.98. The van der Waals surface area contributed by atoms with Crippen molar-refractivity contribution < 1.29 is 9.53 Å². The van der Waals surface area contributed by atoms with Crippen molar-refractivity contribution in [3.05, 3.63) is 11.8 Å². The van der Waals surface area contributed by atoms with E-state index in [0.29, 0.717) is 12.3 Å². The standard InChI is InChI=1S/C5H7NO2/c1-4-2-3-6-5(7)8-4/h2H,3H2,1H3,(H,6,7). The van der Waals surface area contributed by atoms with E-state index in [1.54, 1.807) is 13.0 Å². The van der Waals surface area contributed by atoms with E-state index in [-0.39, 0.29) is 6.09 Å². The quantitative estimate of drug-likeness (QED) is 0.500. The molecule has 3 nitrogen and oxygen atoms in total. The van der Waals surface area contributed by atoms with Crippen LogP contribution in [-0.4, -0.2) is 12.6 Å². The van der Waals surface area contributed by atoms with Crippen LogP contribution in [0.5, 0.6) is 0 Å². The maximum Gasteiger partial charge on any atom is 0.412 e. The number of alkyl carbamates (subject to hydrolysis) is 1. The molecule has 0 fully saturated rings. The predicted molar refractivity (Wildman–Crippen MR) is 28.2 cm³/mol. The lowest BCUT2D eigenvalue weighted by Crippen LogP contribution is -2.27. The third-order valence-electron chi connectivity index (χ3n) is 0.890. The summed E-state index contributed by atoms with van der Waals surface area (Å²) in [5, 5.41) is 2.47. The van der Waals surface area contributed by atoms with E-state index in [1.165, 1.54) is 0 Å². The van der Waals surface area contributed by atoms with E-state index in [4.69, 9.17) is 0 Å². The summed E-state index contributed by atoms with van der Waals surface area (Å²) in [6.07, 6.45) is 1.45. The molecule has 1 rings (SSSR count). The van der Waals surface area contributed by atoms with Crippen LogP contribution >= 0.6 is 0 Å². The Morgan fingerprint density at radius 3 is 3.00 bits per heavy atom. The topological polar surface area (TPSA) is 38.3 Å². The Kier molecular flexibility index (Phi) is 1.20. The fraction of sp³-hybridized carbons (Fsp3) is 0.400. The Balaban J connectivity index is 2.57. The molecule has 0 saturated heterocycles. The second-order valence-electron chi connectivity index (χ2n) is 1.59. The van der Waals surface area contributed by atoms with Gasteiger partial charge in [-0.2, -0.15) is 0 Å². The van der Waals surface area contributed by atoms with Crippen LogP contribution < -0.4 is 5.32 Å². The van der Waals surface area contributed by atoms with Crippen LogP contribution in [0.15, 0.2) is 11.8 Å². The van der Waals surface area contributed by atoms with Gasteiger partial charge in [0.25, 0.3) is 0 Å². The average molecular weight is 113 g/mol. The minimum absolute atomic E-state index is 0.356. The summed E-state index contributed by atoms with van der Waals surface area (Å²) in [4.78, 5) is 10.3. The summed E-state index contributed by atoms with van der Waals surface area (Å²) in [5.41, 5.74) is 0. The molecule has 0 spiro atoms. The number of ether oxygens (including phenoxy) is 1. The van der Waals surface area contributed by atoms with Crippen molar-refractivity contribution in [1.29, 1.82) is 0 Å². The van der Waals surface area contributed by atoms with Gasteiger partial charge in [0, 0.05) is 6.54 Å². The molecule has 0 saturated carbocycles. The smallest absolute Gasteiger partial charge is 0.412 e. The number of cyclic esters (lactones) is 1. The Bertz CT molecular complexity index is 139. The number of nitrogens with one attached hydrogen (secondary N) is 1. The zero-order valence-corrected chi connectivity index (χ0v) is 4.60. The summed E-state index contributed by atoms with van der Waals surface area (Å²) >= 11 is 0. The van der Waals surface area contributed by atoms with Gasteiger partial charge in [-0.25, -0.2) is 4.79 Å². The van der Waals surface area contributed by atoms with Gasteiger partial charge in [-0.05, 0) is 13.0 Å². The average Bonchev–Trinajstić information content (AvgIpc) is 1.64. The predicted octanol–water partition coefficient (Wildman–Crippen LogP) is 0.630. The molecule has 1 aliphatic rings. The van der Waals surface area contributed by atoms with Gasteiger partial charge in [-0.3, -0.25) is 0 Å². The normalized spacial score (nSPS) is 18.6. The summed E-state index contributed by atoms with van der Waals surface area (Å²) in [7, 11) is 0. The van der Waals surface area contributed by atoms with E-state index in [9.17, 15) is 4.79 Å². The summed E-state index contributed by atoms with van der Waals surface area (Å²) in [5.74, 6) is 0.675. The lowest BCUT2D eigenvalue weighted by Gasteiger charge is -2.09. The minimum Gasteiger partial charge on any atom is -0.415 e. The molecule has 44 valence electrons. The second kappa shape index (κ2) is 1.86. The number of rotatable bonds is 0. The van der Waals surface area contributed by atoms with Crippen molar-refractivity contribution in [3.8, 4) is 0 Å². The lowest BCUT2D eigenvalue weighted by molar-refractivity contribution is 0.172. The molecular formula is C5H7NO2. The number of hydrogen-bond donors (Lipinski definition) is 1. The van der Waals surface area contributed by atoms with Crippen molar-refractivity contribution in [3.63, 3.8) is 0 Å². The van der Waals surface area contributed by atoms with Crippen molar-refractivity contribution in [2.24, 2.45) is 0 Å². The number of carbonyl (C=O) groups excluding carboxylic acids is 1. The van der Waals surface area contributed by atoms with Crippen LogP contribution in [-0.2, 0) is 4.74 Å². The molecule has 0 unspecified atom stereocenters. The van der Waals surface area contributed by atoms with Crippen molar-refractivity contribution >= 4 is 6.09 Å². The van der Waals surface area contributed by atoms with Gasteiger partial charge < -0.3 is 10.1 Å². The molecule has 0 aliphatic carbocycles. The van der Waals surface area contributed by atoms with E-state index in [0.717, 1.165) is 0 Å². The maximum absolute atomic E-state index is 10.3. The first-order valence-corrected chi connectivity index (χ1v) is 2.41. The molecule has 1 amide bonds. The van der Waals surface area contributed by atoms with Gasteiger partial charge in [0.15, 0.2) is 0 Å². The SMILES string of the molecule is CC1=CCNC(=O)O1. The van der Waals surface area contributed by atoms with E-state index >= 15 is 0 Å². The van der Waals surface area contributed by atoms with E-state index < -0.39 is 0 Å². The maximum atomic E-state index is 10.3. The monoisotopic (exact) mass is 113 g/mol. The first-order chi connectivity index (χ1) is 3.79. The first-order valence-electron chi connectivity index (χ1n) is 2.41. The van der Waals surface area contributed by atoms with Gasteiger partial charge in [0.05, 0.1) is 0 Å². The third-order valence-corrected chi connectivity index (χ3v) is 0.890. The lowest BCUT2D eigenvalue weighted by atomic mass is 10.4. The van der Waals surface area contributed by atoms with Gasteiger partial charge in [-0.15, -0.1) is 0 Å². The Labute approximate surface area is 47.3 Å². The zero-order chi connectivity index (χ0) is 5.98. The van der Waals surface area contributed by atoms with Crippen LogP contribution in [0.25, 0.3) is 0 Å². The summed E-state index contributed by atoms with van der Waals surface area (Å²) in [6.45, 7) is 2.34. The number of hydrogen-bond acceptors (Lipinski definition) is 2. The number of amides is 1. The zero-order valence-electron chi connectivity index (χ0n) is 4.60. The first kappa shape index (κ1) is 5.15. The second-order valence-corrected chi connectivity index (χ2v) is 1.59. The van der Waals surface area contributed by atoms with Crippen molar-refractivity contribution in [1.82, 2.24) is 5.32 Å². The Morgan fingerprint density at radius 1 is 1.88 bits per heavy atom. The van der Waals surface area contributed by atoms with E-state index in [2.05, 4.69) is 10.1 Å². The summed E-state index contributed by atoms with van der Waals surface area (Å²) < 4.78 is 4.60. The molecule has 1 heterocycles. The molecule has 0 aromatic carbocycles. The molecular weight excluding hydrogens is 106 g/mol. The fourth-order valence-electron chi connectivity index (χ4n) is 0.502. The van der Waals surface area contributed by atoms with Gasteiger partial charge in [0.2, 0.25) is 0 Å². The van der Waals surface area contributed by atoms with Crippen molar-refractivity contribution in [2.75, 3.05) is 6.54 Å². The van der Waals surface area contributed by atoms with Gasteiger partial charge in [0.1, 0.15) is 5.76 Å². The Morgan fingerprint density at radius 2 is 2.62 bits per heavy atom. The molecule has 1 aliphatic heterocycles. The minimum atomic E-state index is -0.356. The molecule has 0 radical (unpaired) electrons. The molecule has 8 heavy (non-hydrogen) atoms.